The van der Waals surface area contributed by atoms with E-state index < -0.39 is 11.9 Å². The molecule has 3 aromatic rings. The highest BCUT2D eigenvalue weighted by Gasteiger charge is 2.35. The zero-order chi connectivity index (χ0) is 17.0. The fourth-order valence-corrected chi connectivity index (χ4v) is 3.11. The summed E-state index contributed by atoms with van der Waals surface area (Å²) >= 11 is 6.12. The Morgan fingerprint density at radius 2 is 1.88 bits per heavy atom. The van der Waals surface area contributed by atoms with Gasteiger partial charge in [-0.1, -0.05) is 23.7 Å². The Kier molecular flexibility index (Phi) is 3.15. The average Bonchev–Trinajstić information content (AvgIpc) is 2.88. The van der Waals surface area contributed by atoms with Crippen LogP contribution in [0.15, 0.2) is 45.6 Å². The second-order valence-electron chi connectivity index (χ2n) is 5.77. The fourth-order valence-electron chi connectivity index (χ4n) is 2.95. The molecule has 24 heavy (non-hydrogen) atoms. The van der Waals surface area contributed by atoms with E-state index in [1.807, 2.05) is 0 Å². The van der Waals surface area contributed by atoms with Gasteiger partial charge in [-0.15, -0.1) is 0 Å². The van der Waals surface area contributed by atoms with Gasteiger partial charge in [-0.25, -0.2) is 0 Å². The first kappa shape index (κ1) is 14.8. The van der Waals surface area contributed by atoms with E-state index in [-0.39, 0.29) is 22.5 Å². The second kappa shape index (κ2) is 5.11. The van der Waals surface area contributed by atoms with Gasteiger partial charge in [0, 0.05) is 5.02 Å². The second-order valence-corrected chi connectivity index (χ2v) is 6.18. The maximum absolute atomic E-state index is 12.9. The van der Waals surface area contributed by atoms with Crippen molar-refractivity contribution in [2.24, 2.45) is 0 Å². The number of aromatic hydroxyl groups is 1. The van der Waals surface area contributed by atoms with E-state index in [1.165, 1.54) is 12.1 Å². The summed E-state index contributed by atoms with van der Waals surface area (Å²) in [6.45, 7) is 1.80. The Hall–Kier alpha value is -2.79. The predicted molar refractivity (Wildman–Crippen MR) is 89.6 cm³/mol. The lowest BCUT2D eigenvalue weighted by Crippen LogP contribution is -2.21. The molecule has 1 amide bonds. The molecule has 0 saturated heterocycles. The summed E-state index contributed by atoms with van der Waals surface area (Å²) in [6.07, 6.45) is 0. The number of halogens is 1. The van der Waals surface area contributed by atoms with Crippen molar-refractivity contribution in [3.05, 3.63) is 74.1 Å². The van der Waals surface area contributed by atoms with Crippen LogP contribution < -0.4 is 10.7 Å². The van der Waals surface area contributed by atoms with Crippen LogP contribution in [0.4, 0.5) is 0 Å². The minimum atomic E-state index is -0.617. The van der Waals surface area contributed by atoms with Crippen molar-refractivity contribution < 1.29 is 14.3 Å². The molecule has 1 aromatic heterocycles. The van der Waals surface area contributed by atoms with Crippen molar-refractivity contribution in [3.63, 3.8) is 0 Å². The molecule has 1 unspecified atom stereocenters. The van der Waals surface area contributed by atoms with Gasteiger partial charge in [-0.2, -0.15) is 0 Å². The Labute approximate surface area is 141 Å². The van der Waals surface area contributed by atoms with Crippen LogP contribution in [0.2, 0.25) is 5.02 Å². The molecule has 1 aliphatic rings. The van der Waals surface area contributed by atoms with Crippen LogP contribution in [0.3, 0.4) is 0 Å². The highest BCUT2D eigenvalue weighted by Crippen LogP contribution is 2.32. The maximum Gasteiger partial charge on any atom is 0.288 e. The smallest absolute Gasteiger partial charge is 0.288 e. The molecule has 2 heterocycles. The van der Waals surface area contributed by atoms with Gasteiger partial charge in [0.15, 0.2) is 5.43 Å². The Morgan fingerprint density at radius 3 is 2.58 bits per heavy atom. The van der Waals surface area contributed by atoms with Gasteiger partial charge < -0.3 is 14.8 Å². The van der Waals surface area contributed by atoms with Crippen molar-refractivity contribution in [2.75, 3.05) is 0 Å². The summed E-state index contributed by atoms with van der Waals surface area (Å²) in [5.41, 5.74) is 1.76. The molecule has 2 aromatic carbocycles. The van der Waals surface area contributed by atoms with E-state index in [2.05, 4.69) is 5.32 Å². The average molecular weight is 342 g/mol. The first-order valence-electron chi connectivity index (χ1n) is 7.32. The Morgan fingerprint density at radius 1 is 1.17 bits per heavy atom. The number of hydrogen-bond donors (Lipinski definition) is 2. The quantitative estimate of drug-likeness (QED) is 0.711. The summed E-state index contributed by atoms with van der Waals surface area (Å²) in [4.78, 5) is 25.2. The third-order valence-electron chi connectivity index (χ3n) is 4.20. The van der Waals surface area contributed by atoms with Crippen molar-refractivity contribution >= 4 is 28.5 Å². The van der Waals surface area contributed by atoms with Gasteiger partial charge >= 0.3 is 0 Å². The number of rotatable bonds is 1. The number of phenols is 1. The first-order valence-corrected chi connectivity index (χ1v) is 7.70. The summed E-state index contributed by atoms with van der Waals surface area (Å²) < 4.78 is 5.69. The van der Waals surface area contributed by atoms with E-state index in [0.717, 1.165) is 5.56 Å². The predicted octanol–water partition coefficient (Wildman–Crippen LogP) is 3.29. The number of hydrogen-bond acceptors (Lipinski definition) is 4. The van der Waals surface area contributed by atoms with Gasteiger partial charge in [0.25, 0.3) is 5.91 Å². The molecule has 1 atom stereocenters. The molecule has 2 N–H and O–H groups in total. The fraction of sp³-hybridized carbons (Fsp3) is 0.111. The van der Waals surface area contributed by atoms with Crippen molar-refractivity contribution in [1.82, 2.24) is 5.32 Å². The molecule has 1 aliphatic heterocycles. The van der Waals surface area contributed by atoms with E-state index >= 15 is 0 Å². The molecule has 0 saturated carbocycles. The SMILES string of the molecule is Cc1cc2oc3c(c(=O)c2cc1Cl)C(c1ccc(O)cc1)NC3=O. The molecule has 0 radical (unpaired) electrons. The summed E-state index contributed by atoms with van der Waals surface area (Å²) in [6, 6.07) is 8.91. The molecule has 0 spiro atoms. The highest BCUT2D eigenvalue weighted by atomic mass is 35.5. The monoisotopic (exact) mass is 341 g/mol. The zero-order valence-electron chi connectivity index (χ0n) is 12.6. The molecule has 6 heteroatoms. The van der Waals surface area contributed by atoms with Crippen molar-refractivity contribution in [1.29, 1.82) is 0 Å². The maximum atomic E-state index is 12.9. The lowest BCUT2D eigenvalue weighted by molar-refractivity contribution is 0.0938. The van der Waals surface area contributed by atoms with Gasteiger partial charge in [0.05, 0.1) is 17.0 Å². The van der Waals surface area contributed by atoms with Gasteiger partial charge in [-0.3, -0.25) is 9.59 Å². The Bertz CT molecular complexity index is 1050. The van der Waals surface area contributed by atoms with Gasteiger partial charge in [0.1, 0.15) is 11.3 Å². The highest BCUT2D eigenvalue weighted by molar-refractivity contribution is 6.32. The summed E-state index contributed by atoms with van der Waals surface area (Å²) in [7, 11) is 0. The van der Waals surface area contributed by atoms with Crippen LogP contribution in [0.25, 0.3) is 11.0 Å². The van der Waals surface area contributed by atoms with E-state index in [9.17, 15) is 14.7 Å². The number of nitrogens with one attached hydrogen (secondary N) is 1. The molecular weight excluding hydrogens is 330 g/mol. The molecule has 4 rings (SSSR count). The van der Waals surface area contributed by atoms with Crippen LogP contribution >= 0.6 is 11.6 Å². The molecule has 120 valence electrons. The number of amides is 1. The van der Waals surface area contributed by atoms with Crippen LogP contribution in [-0.4, -0.2) is 11.0 Å². The zero-order valence-corrected chi connectivity index (χ0v) is 13.3. The minimum Gasteiger partial charge on any atom is -0.508 e. The van der Waals surface area contributed by atoms with E-state index in [0.29, 0.717) is 21.6 Å². The third-order valence-corrected chi connectivity index (χ3v) is 4.61. The molecule has 0 bridgehead atoms. The molecular formula is C18H12ClNO4. The van der Waals surface area contributed by atoms with E-state index in [1.54, 1.807) is 31.2 Å². The Balaban J connectivity index is 2.00. The number of phenolic OH excluding ortho intramolecular Hbond substituents is 1. The number of aryl methyl sites for hydroxylation is 1. The topological polar surface area (TPSA) is 79.5 Å². The van der Waals surface area contributed by atoms with Gasteiger partial charge in [-0.05, 0) is 42.3 Å². The summed E-state index contributed by atoms with van der Waals surface area (Å²) in [5, 5.41) is 13.0. The number of carbonyl (C=O) groups is 1. The standard InChI is InChI=1S/C18H12ClNO4/c1-8-6-13-11(7-12(8)19)16(22)14-15(20-18(23)17(14)24-13)9-2-4-10(21)5-3-9/h2-7,15,21H,1H3,(H,20,23). The number of benzene rings is 2. The minimum absolute atomic E-state index is 0.0206. The van der Waals surface area contributed by atoms with Crippen LogP contribution in [-0.2, 0) is 0 Å². The van der Waals surface area contributed by atoms with Gasteiger partial charge in [0.2, 0.25) is 5.76 Å². The molecule has 0 fully saturated rings. The third kappa shape index (κ3) is 2.09. The molecule has 5 nitrogen and oxygen atoms in total. The summed E-state index contributed by atoms with van der Waals surface area (Å²) in [5.74, 6) is -0.307. The van der Waals surface area contributed by atoms with Crippen LogP contribution in [0.1, 0.15) is 33.3 Å². The number of fused-ring (bicyclic) bond motifs is 2. The number of carbonyl (C=O) groups excluding carboxylic acids is 1. The first-order chi connectivity index (χ1) is 11.5. The van der Waals surface area contributed by atoms with Crippen molar-refractivity contribution in [2.45, 2.75) is 13.0 Å². The molecule has 0 aliphatic carbocycles. The normalized spacial score (nSPS) is 16.2. The van der Waals surface area contributed by atoms with Crippen LogP contribution in [0, 0.1) is 6.92 Å². The lowest BCUT2D eigenvalue weighted by Gasteiger charge is -2.11. The van der Waals surface area contributed by atoms with Crippen molar-refractivity contribution in [3.8, 4) is 5.75 Å². The van der Waals surface area contributed by atoms with Crippen LogP contribution in [0.5, 0.6) is 5.75 Å². The largest absolute Gasteiger partial charge is 0.508 e. The van der Waals surface area contributed by atoms with E-state index in [4.69, 9.17) is 16.0 Å². The lowest BCUT2D eigenvalue weighted by atomic mass is 9.99.